The molecule has 4 atom stereocenters. The lowest BCUT2D eigenvalue weighted by atomic mass is 10.1. The zero-order valence-corrected chi connectivity index (χ0v) is 27.0. The van der Waals surface area contributed by atoms with E-state index >= 15 is 0 Å². The standard InChI is InChI=1S/C38H46O8/c1-27(43-23-37-25-45-37)19-39-21-29-5-7-33-17-35(11-9-31(33)15-29)41-13-3-4-14-42-36-12-10-32-16-30(6-8-34(32)18-36)22-40-20-28(2)44-24-38-26-46-38/h5-12,15-18,27-28,37-38H,3-4,13-14,19-26H2,1-2H3. The molecule has 0 saturated carbocycles. The Morgan fingerprint density at radius 3 is 1.43 bits per heavy atom. The fourth-order valence-electron chi connectivity index (χ4n) is 5.14. The summed E-state index contributed by atoms with van der Waals surface area (Å²) in [5.41, 5.74) is 2.29. The lowest BCUT2D eigenvalue weighted by Crippen LogP contribution is -2.18. The van der Waals surface area contributed by atoms with Crippen LogP contribution in [0.2, 0.25) is 0 Å². The van der Waals surface area contributed by atoms with E-state index in [0.717, 1.165) is 59.5 Å². The minimum Gasteiger partial charge on any atom is -0.494 e. The van der Waals surface area contributed by atoms with Crippen molar-refractivity contribution in [3.8, 4) is 11.5 Å². The van der Waals surface area contributed by atoms with Crippen molar-refractivity contribution < 1.29 is 37.9 Å². The highest BCUT2D eigenvalue weighted by Crippen LogP contribution is 2.24. The van der Waals surface area contributed by atoms with Crippen LogP contribution >= 0.6 is 0 Å². The summed E-state index contributed by atoms with van der Waals surface area (Å²) in [6.45, 7) is 10.5. The molecular formula is C38H46O8. The Bertz CT molecular complexity index is 1420. The maximum Gasteiger partial charge on any atom is 0.119 e. The molecule has 4 aromatic carbocycles. The van der Waals surface area contributed by atoms with Gasteiger partial charge in [0, 0.05) is 0 Å². The van der Waals surface area contributed by atoms with E-state index < -0.39 is 0 Å². The quantitative estimate of drug-likeness (QED) is 0.0729. The van der Waals surface area contributed by atoms with Crippen LogP contribution in [0.4, 0.5) is 0 Å². The first kappa shape index (κ1) is 32.7. The molecule has 0 aliphatic carbocycles. The number of hydrogen-bond acceptors (Lipinski definition) is 8. The summed E-state index contributed by atoms with van der Waals surface area (Å²) in [5, 5.41) is 4.65. The van der Waals surface area contributed by atoms with Crippen LogP contribution < -0.4 is 9.47 Å². The van der Waals surface area contributed by atoms with Gasteiger partial charge in [0.25, 0.3) is 0 Å². The van der Waals surface area contributed by atoms with Crippen LogP contribution in [-0.4, -0.2) is 77.3 Å². The summed E-state index contributed by atoms with van der Waals surface area (Å²) in [5.74, 6) is 1.77. The van der Waals surface area contributed by atoms with Crippen molar-refractivity contribution in [1.82, 2.24) is 0 Å². The number of rotatable bonds is 21. The smallest absolute Gasteiger partial charge is 0.119 e. The zero-order valence-electron chi connectivity index (χ0n) is 27.0. The van der Waals surface area contributed by atoms with Gasteiger partial charge in [-0.2, -0.15) is 0 Å². The van der Waals surface area contributed by atoms with Crippen LogP contribution in [0, 0.1) is 0 Å². The molecule has 0 aromatic heterocycles. The molecule has 4 aromatic rings. The average molecular weight is 631 g/mol. The highest BCUT2D eigenvalue weighted by Gasteiger charge is 2.24. The molecular weight excluding hydrogens is 584 g/mol. The van der Waals surface area contributed by atoms with Crippen molar-refractivity contribution >= 4 is 21.5 Å². The van der Waals surface area contributed by atoms with Crippen LogP contribution in [0.5, 0.6) is 11.5 Å². The third-order valence-corrected chi connectivity index (χ3v) is 8.01. The molecule has 0 amide bonds. The largest absolute Gasteiger partial charge is 0.494 e. The number of hydrogen-bond donors (Lipinski definition) is 0. The SMILES string of the molecule is CC(COCc1ccc2cc(OCCCCOc3ccc4cc(COCC(C)OCC5CO5)ccc4c3)ccc2c1)OCC1CO1. The third-order valence-electron chi connectivity index (χ3n) is 8.01. The fourth-order valence-corrected chi connectivity index (χ4v) is 5.14. The Hall–Kier alpha value is -3.24. The van der Waals surface area contributed by atoms with Gasteiger partial charge in [0.05, 0.1) is 78.3 Å². The number of unbranched alkanes of at least 4 members (excludes halogenated alkanes) is 1. The van der Waals surface area contributed by atoms with Crippen LogP contribution in [0.1, 0.15) is 37.8 Å². The Kier molecular flexibility index (Phi) is 11.8. The van der Waals surface area contributed by atoms with Crippen LogP contribution in [0.15, 0.2) is 72.8 Å². The summed E-state index contributed by atoms with van der Waals surface area (Å²) in [6, 6.07) is 25.3. The Morgan fingerprint density at radius 1 is 0.587 bits per heavy atom. The summed E-state index contributed by atoms with van der Waals surface area (Å²) in [7, 11) is 0. The van der Waals surface area contributed by atoms with Gasteiger partial charge in [-0.25, -0.2) is 0 Å². The molecule has 2 saturated heterocycles. The number of fused-ring (bicyclic) bond motifs is 2. The molecule has 2 aliphatic rings. The molecule has 2 fully saturated rings. The fraction of sp³-hybridized carbons (Fsp3) is 0.474. The first-order valence-corrected chi connectivity index (χ1v) is 16.5. The number of benzene rings is 4. The maximum absolute atomic E-state index is 6.04. The second-order valence-corrected chi connectivity index (χ2v) is 12.3. The van der Waals surface area contributed by atoms with E-state index in [9.17, 15) is 0 Å². The molecule has 0 spiro atoms. The predicted octanol–water partition coefficient (Wildman–Crippen LogP) is 6.87. The summed E-state index contributed by atoms with van der Waals surface area (Å²) >= 11 is 0. The minimum atomic E-state index is 0.0587. The molecule has 4 unspecified atom stereocenters. The maximum atomic E-state index is 6.04. The Balaban J connectivity index is 0.856. The van der Waals surface area contributed by atoms with Gasteiger partial charge in [-0.1, -0.05) is 36.4 Å². The first-order chi connectivity index (χ1) is 22.6. The van der Waals surface area contributed by atoms with Crippen molar-refractivity contribution in [3.63, 3.8) is 0 Å². The van der Waals surface area contributed by atoms with E-state index in [0.29, 0.717) is 52.9 Å². The van der Waals surface area contributed by atoms with Gasteiger partial charge in [-0.15, -0.1) is 0 Å². The van der Waals surface area contributed by atoms with E-state index in [4.69, 9.17) is 37.9 Å². The van der Waals surface area contributed by atoms with Gasteiger partial charge in [0.2, 0.25) is 0 Å². The van der Waals surface area contributed by atoms with Crippen LogP contribution in [0.3, 0.4) is 0 Å². The van der Waals surface area contributed by atoms with Crippen molar-refractivity contribution in [2.24, 2.45) is 0 Å². The van der Waals surface area contributed by atoms with E-state index in [1.807, 2.05) is 26.0 Å². The molecule has 2 aliphatic heterocycles. The van der Waals surface area contributed by atoms with E-state index in [-0.39, 0.29) is 24.4 Å². The number of epoxide rings is 2. The lowest BCUT2D eigenvalue weighted by Gasteiger charge is -2.13. The summed E-state index contributed by atoms with van der Waals surface area (Å²) < 4.78 is 45.6. The molecule has 8 nitrogen and oxygen atoms in total. The van der Waals surface area contributed by atoms with Crippen molar-refractivity contribution in [2.45, 2.75) is 64.3 Å². The minimum absolute atomic E-state index is 0.0587. The van der Waals surface area contributed by atoms with Crippen molar-refractivity contribution in [3.05, 3.63) is 83.9 Å². The first-order valence-electron chi connectivity index (χ1n) is 16.5. The van der Waals surface area contributed by atoms with Gasteiger partial charge in [-0.3, -0.25) is 0 Å². The Labute approximate surface area is 271 Å². The van der Waals surface area contributed by atoms with E-state index in [1.165, 1.54) is 10.8 Å². The van der Waals surface area contributed by atoms with Gasteiger partial charge >= 0.3 is 0 Å². The van der Waals surface area contributed by atoms with E-state index in [2.05, 4.69) is 60.7 Å². The predicted molar refractivity (Wildman–Crippen MR) is 178 cm³/mol. The Morgan fingerprint density at radius 2 is 1.00 bits per heavy atom. The molecule has 46 heavy (non-hydrogen) atoms. The topological polar surface area (TPSA) is 80.4 Å². The highest BCUT2D eigenvalue weighted by molar-refractivity contribution is 5.85. The second-order valence-electron chi connectivity index (χ2n) is 12.3. The summed E-state index contributed by atoms with van der Waals surface area (Å²) in [6.07, 6.45) is 2.51. The molecule has 0 N–H and O–H groups in total. The van der Waals surface area contributed by atoms with E-state index in [1.54, 1.807) is 0 Å². The highest BCUT2D eigenvalue weighted by atomic mass is 16.6. The van der Waals surface area contributed by atoms with Gasteiger partial charge in [0.1, 0.15) is 23.7 Å². The molecule has 6 rings (SSSR count). The number of ether oxygens (including phenoxy) is 8. The lowest BCUT2D eigenvalue weighted by molar-refractivity contribution is -0.0166. The molecule has 246 valence electrons. The van der Waals surface area contributed by atoms with Crippen molar-refractivity contribution in [2.75, 3.05) is 52.9 Å². The van der Waals surface area contributed by atoms with Crippen LogP contribution in [-0.2, 0) is 41.6 Å². The zero-order chi connectivity index (χ0) is 31.6. The van der Waals surface area contributed by atoms with Crippen LogP contribution in [0.25, 0.3) is 21.5 Å². The van der Waals surface area contributed by atoms with Gasteiger partial charge in [-0.05, 0) is 95.8 Å². The van der Waals surface area contributed by atoms with Gasteiger partial charge in [0.15, 0.2) is 0 Å². The third kappa shape index (κ3) is 10.7. The molecule has 8 heteroatoms. The molecule has 2 heterocycles. The normalized spacial score (nSPS) is 18.5. The monoisotopic (exact) mass is 630 g/mol. The average Bonchev–Trinajstić information content (AvgIpc) is 4.00. The van der Waals surface area contributed by atoms with Crippen molar-refractivity contribution in [1.29, 1.82) is 0 Å². The second kappa shape index (κ2) is 16.5. The summed E-state index contributed by atoms with van der Waals surface area (Å²) in [4.78, 5) is 0. The molecule has 0 radical (unpaired) electrons. The van der Waals surface area contributed by atoms with Gasteiger partial charge < -0.3 is 37.9 Å². The molecule has 0 bridgehead atoms.